The number of hydrogen-bond acceptors (Lipinski definition) is 8. The predicted molar refractivity (Wildman–Crippen MR) is 204 cm³/mol. The van der Waals surface area contributed by atoms with Crippen LogP contribution in [0.1, 0.15) is 41.8 Å². The van der Waals surface area contributed by atoms with Gasteiger partial charge in [-0.3, -0.25) is 4.55 Å². The average Bonchev–Trinajstić information content (AvgIpc) is 3.88. The van der Waals surface area contributed by atoms with Gasteiger partial charge in [0.15, 0.2) is 4.21 Å². The number of benzene rings is 2. The smallest absolute Gasteiger partial charge is 0.304 e. The van der Waals surface area contributed by atoms with Crippen LogP contribution in [0.3, 0.4) is 0 Å². The van der Waals surface area contributed by atoms with Crippen LogP contribution < -0.4 is 9.47 Å². The van der Waals surface area contributed by atoms with E-state index in [0.717, 1.165) is 69.4 Å². The van der Waals surface area contributed by atoms with E-state index in [2.05, 4.69) is 6.08 Å². The normalized spacial score (nSPS) is 13.6. The molecule has 16 heteroatoms. The Morgan fingerprint density at radius 3 is 1.86 bits per heavy atom. The van der Waals surface area contributed by atoms with Gasteiger partial charge in [0.25, 0.3) is 0 Å². The number of ether oxygens (including phenoxy) is 2. The van der Waals surface area contributed by atoms with Crippen molar-refractivity contribution in [2.75, 3.05) is 0 Å². The lowest BCUT2D eigenvalue weighted by Crippen LogP contribution is -2.06. The SMILES string of the molecule is O=S(=O)(O)c1cc2c(s1)-c1c(c(C=CCCCC=Cc3nn(-c4ccc(Cl)cc4Cl)c4c3COc3ccsc3-4)nn1-c1ccc(Cl)cc1Cl)CO2. The van der Waals surface area contributed by atoms with E-state index in [1.807, 2.05) is 40.4 Å². The van der Waals surface area contributed by atoms with Gasteiger partial charge in [-0.05, 0) is 79.3 Å². The lowest BCUT2D eigenvalue weighted by atomic mass is 10.1. The molecule has 6 heterocycles. The number of hydrogen-bond donors (Lipinski definition) is 1. The summed E-state index contributed by atoms with van der Waals surface area (Å²) in [7, 11) is -4.43. The van der Waals surface area contributed by atoms with Gasteiger partial charge in [-0.1, -0.05) is 58.6 Å². The third-order valence-electron chi connectivity index (χ3n) is 8.33. The molecule has 0 fully saturated rings. The molecule has 0 radical (unpaired) electrons. The first-order chi connectivity index (χ1) is 24.6. The summed E-state index contributed by atoms with van der Waals surface area (Å²) in [6.45, 7) is 0.561. The van der Waals surface area contributed by atoms with Crippen molar-refractivity contribution in [3.63, 3.8) is 0 Å². The van der Waals surface area contributed by atoms with Crippen LogP contribution in [0.15, 0.2) is 70.3 Å². The Kier molecular flexibility index (Phi) is 9.30. The van der Waals surface area contributed by atoms with Gasteiger partial charge < -0.3 is 9.47 Å². The molecule has 0 bridgehead atoms. The maximum Gasteiger partial charge on any atom is 0.304 e. The molecule has 2 aromatic carbocycles. The van der Waals surface area contributed by atoms with E-state index >= 15 is 0 Å². The second-order valence-corrected chi connectivity index (χ2v) is 16.9. The van der Waals surface area contributed by atoms with Crippen LogP contribution in [-0.2, 0) is 23.3 Å². The van der Waals surface area contributed by atoms with Gasteiger partial charge in [0, 0.05) is 27.2 Å². The largest absolute Gasteiger partial charge is 0.487 e. The summed E-state index contributed by atoms with van der Waals surface area (Å²) in [6, 6.07) is 13.7. The predicted octanol–water partition coefficient (Wildman–Crippen LogP) is 11.1. The summed E-state index contributed by atoms with van der Waals surface area (Å²) in [4.78, 5) is 1.53. The average molecular weight is 819 g/mol. The van der Waals surface area contributed by atoms with E-state index in [4.69, 9.17) is 66.1 Å². The first-order valence-corrected chi connectivity index (χ1v) is 20.1. The molecule has 0 amide bonds. The lowest BCUT2D eigenvalue weighted by Gasteiger charge is -2.16. The van der Waals surface area contributed by atoms with Crippen LogP contribution in [0.25, 0.3) is 44.7 Å². The molecule has 0 unspecified atom stereocenters. The zero-order valence-corrected chi connectivity index (χ0v) is 31.6. The van der Waals surface area contributed by atoms with Gasteiger partial charge in [-0.2, -0.15) is 18.6 Å². The van der Waals surface area contributed by atoms with Crippen LogP contribution in [0.5, 0.6) is 11.5 Å². The number of unbranched alkanes of at least 4 members (excludes halogenated alkanes) is 2. The fraction of sp³-hybridized carbons (Fsp3) is 0.143. The minimum absolute atomic E-state index is 0.159. The van der Waals surface area contributed by atoms with E-state index < -0.39 is 10.1 Å². The van der Waals surface area contributed by atoms with Crippen LogP contribution in [-0.4, -0.2) is 32.5 Å². The molecule has 2 aliphatic rings. The van der Waals surface area contributed by atoms with E-state index in [-0.39, 0.29) is 10.8 Å². The highest BCUT2D eigenvalue weighted by atomic mass is 35.5. The molecule has 1 N–H and O–H groups in total. The van der Waals surface area contributed by atoms with Gasteiger partial charge >= 0.3 is 10.1 Å². The van der Waals surface area contributed by atoms with Crippen molar-refractivity contribution in [3.8, 4) is 44.0 Å². The molecule has 4 aromatic heterocycles. The summed E-state index contributed by atoms with van der Waals surface area (Å²) in [6.07, 6.45) is 10.5. The molecule has 2 aliphatic heterocycles. The van der Waals surface area contributed by atoms with Gasteiger partial charge in [0.05, 0.1) is 54.0 Å². The number of halogens is 4. The topological polar surface area (TPSA) is 108 Å². The van der Waals surface area contributed by atoms with E-state index in [1.54, 1.807) is 46.4 Å². The van der Waals surface area contributed by atoms with Gasteiger partial charge in [0.1, 0.15) is 24.7 Å². The molecule has 260 valence electrons. The van der Waals surface area contributed by atoms with Gasteiger partial charge in [0.2, 0.25) is 0 Å². The van der Waals surface area contributed by atoms with Crippen molar-refractivity contribution < 1.29 is 22.4 Å². The minimum Gasteiger partial charge on any atom is -0.487 e. The molecule has 51 heavy (non-hydrogen) atoms. The Labute approximate surface area is 320 Å². The quantitative estimate of drug-likeness (QED) is 0.114. The molecule has 0 saturated heterocycles. The van der Waals surface area contributed by atoms with Crippen molar-refractivity contribution in [2.45, 2.75) is 36.7 Å². The van der Waals surface area contributed by atoms with Crippen molar-refractivity contribution >= 4 is 91.3 Å². The number of nitrogens with zero attached hydrogens (tertiary/aromatic N) is 4. The number of rotatable bonds is 9. The Morgan fingerprint density at radius 1 is 0.765 bits per heavy atom. The van der Waals surface area contributed by atoms with Crippen molar-refractivity contribution in [3.05, 3.63) is 109 Å². The monoisotopic (exact) mass is 816 g/mol. The molecule has 0 atom stereocenters. The molecule has 0 aliphatic carbocycles. The Bertz CT molecular complexity index is 2520. The summed E-state index contributed by atoms with van der Waals surface area (Å²) in [5.41, 5.74) is 6.15. The molecule has 0 spiro atoms. The number of aromatic nitrogens is 4. The Balaban J connectivity index is 1.03. The zero-order chi connectivity index (χ0) is 35.4. The van der Waals surface area contributed by atoms with Gasteiger partial charge in [-0.15, -0.1) is 22.7 Å². The first kappa shape index (κ1) is 34.5. The van der Waals surface area contributed by atoms with Crippen LogP contribution in [0.4, 0.5) is 0 Å². The number of fused-ring (bicyclic) bond motifs is 6. The van der Waals surface area contributed by atoms with Crippen LogP contribution in [0, 0.1) is 0 Å². The number of thiophene rings is 2. The minimum atomic E-state index is -4.43. The maximum absolute atomic E-state index is 11.9. The van der Waals surface area contributed by atoms with Gasteiger partial charge in [-0.25, -0.2) is 9.36 Å². The molecule has 6 aromatic rings. The van der Waals surface area contributed by atoms with Crippen molar-refractivity contribution in [2.24, 2.45) is 0 Å². The fourth-order valence-corrected chi connectivity index (χ4v) is 9.68. The Morgan fingerprint density at radius 2 is 1.31 bits per heavy atom. The summed E-state index contributed by atoms with van der Waals surface area (Å²) in [5.74, 6) is 1.17. The summed E-state index contributed by atoms with van der Waals surface area (Å²) < 4.78 is 48.9. The maximum atomic E-state index is 11.9. The number of allylic oxidation sites excluding steroid dienone is 2. The molecule has 0 saturated carbocycles. The molecule has 9 nitrogen and oxygen atoms in total. The second-order valence-electron chi connectivity index (χ2n) is 11.6. The first-order valence-electron chi connectivity index (χ1n) is 15.5. The van der Waals surface area contributed by atoms with E-state index in [0.29, 0.717) is 54.4 Å². The van der Waals surface area contributed by atoms with Crippen molar-refractivity contribution in [1.82, 2.24) is 19.6 Å². The third kappa shape index (κ3) is 6.53. The highest BCUT2D eigenvalue weighted by Crippen LogP contribution is 2.48. The standard InChI is InChI=1S/C35H24Cl4N4O5S3/c36-19-8-10-27(23(38)14-19)42-32-21(17-47-29-12-13-49-34(29)32)25(40-42)6-4-2-1-3-5-7-26-22-18-48-30-16-31(51(44,45)46)50-35(30)33(22)43(41-26)28-11-9-20(37)15-24(28)39/h4-16H,1-3,17-18H2,(H,44,45,46). The fourth-order valence-electron chi connectivity index (χ4n) is 5.99. The highest BCUT2D eigenvalue weighted by molar-refractivity contribution is 7.88. The van der Waals surface area contributed by atoms with E-state index in [9.17, 15) is 13.0 Å². The van der Waals surface area contributed by atoms with E-state index in [1.165, 1.54) is 6.07 Å². The van der Waals surface area contributed by atoms with Crippen LogP contribution >= 0.6 is 69.1 Å². The molecular weight excluding hydrogens is 794 g/mol. The zero-order valence-electron chi connectivity index (χ0n) is 26.1. The Hall–Kier alpha value is -3.59. The molecular formula is C35H24Cl4N4O5S3. The highest BCUT2D eigenvalue weighted by Gasteiger charge is 2.32. The summed E-state index contributed by atoms with van der Waals surface area (Å²) >= 11 is 28.0. The summed E-state index contributed by atoms with van der Waals surface area (Å²) in [5, 5.41) is 13.7. The third-order valence-corrected chi connectivity index (χ3v) is 12.7. The van der Waals surface area contributed by atoms with Crippen molar-refractivity contribution in [1.29, 1.82) is 0 Å². The molecule has 8 rings (SSSR count). The lowest BCUT2D eigenvalue weighted by molar-refractivity contribution is 0.303. The van der Waals surface area contributed by atoms with Crippen LogP contribution in [0.2, 0.25) is 20.1 Å². The second kappa shape index (κ2) is 13.8.